The van der Waals surface area contributed by atoms with Crippen LogP contribution in [0.1, 0.15) is 84.0 Å². The Hall–Kier alpha value is -2.82. The van der Waals surface area contributed by atoms with Crippen molar-refractivity contribution in [1.82, 2.24) is 0 Å². The number of carbonyl (C=O) groups is 4. The maximum Gasteiger partial charge on any atom is 0.327 e. The first-order chi connectivity index (χ1) is 19.6. The van der Waals surface area contributed by atoms with Gasteiger partial charge in [0.05, 0.1) is 19.4 Å². The van der Waals surface area contributed by atoms with Gasteiger partial charge in [0.25, 0.3) is 20.2 Å². The van der Waals surface area contributed by atoms with Gasteiger partial charge in [0.1, 0.15) is 13.2 Å². The highest BCUT2D eigenvalue weighted by Gasteiger charge is 2.36. The van der Waals surface area contributed by atoms with Crippen molar-refractivity contribution in [3.63, 3.8) is 0 Å². The molecule has 0 bridgehead atoms. The molecule has 0 heterocycles. The first kappa shape index (κ1) is 41.3. The summed E-state index contributed by atoms with van der Waals surface area (Å²) in [6, 6.07) is 0. The lowest BCUT2D eigenvalue weighted by atomic mass is 10.1. The molecule has 0 aliphatic carbocycles. The fourth-order valence-electron chi connectivity index (χ4n) is 3.23. The number of aliphatic carboxylic acids is 1. The first-order valence-corrected chi connectivity index (χ1v) is 16.5. The second-order valence-corrected chi connectivity index (χ2v) is 12.2. The van der Waals surface area contributed by atoms with E-state index >= 15 is 0 Å². The van der Waals surface area contributed by atoms with Gasteiger partial charge in [-0.1, -0.05) is 90.0 Å². The van der Waals surface area contributed by atoms with E-state index in [0.717, 1.165) is 19.3 Å². The lowest BCUT2D eigenvalue weighted by Gasteiger charge is -2.12. The van der Waals surface area contributed by atoms with E-state index in [9.17, 15) is 36.0 Å². The van der Waals surface area contributed by atoms with Crippen LogP contribution in [0.15, 0.2) is 25.3 Å². The van der Waals surface area contributed by atoms with Gasteiger partial charge < -0.3 is 19.3 Å². The van der Waals surface area contributed by atoms with Crippen LogP contribution in [0.4, 0.5) is 0 Å². The van der Waals surface area contributed by atoms with Gasteiger partial charge in [-0.2, -0.15) is 16.8 Å². The molecule has 0 radical (unpaired) electrons. The smallest absolute Gasteiger partial charge is 0.327 e. The molecule has 0 amide bonds. The maximum absolute atomic E-state index is 11.9. The summed E-state index contributed by atoms with van der Waals surface area (Å²) in [5.74, 6) is -4.91. The highest BCUT2D eigenvalue weighted by Crippen LogP contribution is 2.12. The van der Waals surface area contributed by atoms with Crippen molar-refractivity contribution < 1.29 is 64.4 Å². The molecule has 244 valence electrons. The van der Waals surface area contributed by atoms with E-state index in [1.165, 1.54) is 50.7 Å². The third kappa shape index (κ3) is 22.8. The molecule has 0 aliphatic rings. The first-order valence-electron chi connectivity index (χ1n) is 13.5. The third-order valence-corrected chi connectivity index (χ3v) is 7.56. The van der Waals surface area contributed by atoms with Gasteiger partial charge in [-0.3, -0.25) is 28.3 Å². The van der Waals surface area contributed by atoms with E-state index in [1.807, 2.05) is 0 Å². The van der Waals surface area contributed by atoms with Crippen LogP contribution in [-0.4, -0.2) is 85.2 Å². The van der Waals surface area contributed by atoms with Crippen molar-refractivity contribution in [3.8, 4) is 0 Å². The molecule has 0 aliphatic heterocycles. The maximum atomic E-state index is 11.9. The SMILES string of the molecule is C=CCOC(=O)C(CC(=O)O)S(=O)(=O)O.C=CCOC(=O)CC(C(=O)OCCCCCCCCCCCC)S(=O)(=O)O. The predicted octanol–water partition coefficient (Wildman–Crippen LogP) is 3.27. The molecule has 0 saturated heterocycles. The number of carboxylic acids is 1. The number of carboxylic acid groups (broad SMARTS) is 1. The van der Waals surface area contributed by atoms with Crippen molar-refractivity contribution in [1.29, 1.82) is 0 Å². The van der Waals surface area contributed by atoms with Crippen molar-refractivity contribution in [3.05, 3.63) is 25.3 Å². The molecule has 42 heavy (non-hydrogen) atoms. The van der Waals surface area contributed by atoms with Crippen LogP contribution in [-0.2, 0) is 53.6 Å². The van der Waals surface area contributed by atoms with Crippen LogP contribution < -0.4 is 0 Å². The molecule has 0 fully saturated rings. The number of carbonyl (C=O) groups excluding carboxylic acids is 3. The Morgan fingerprint density at radius 3 is 1.50 bits per heavy atom. The lowest BCUT2D eigenvalue weighted by molar-refractivity contribution is -0.149. The summed E-state index contributed by atoms with van der Waals surface area (Å²) >= 11 is 0. The van der Waals surface area contributed by atoms with E-state index < -0.39 is 67.5 Å². The van der Waals surface area contributed by atoms with Crippen LogP contribution in [0.2, 0.25) is 0 Å². The average molecular weight is 645 g/mol. The fraction of sp³-hybridized carbons (Fsp3) is 0.692. The molecule has 0 aromatic rings. The Morgan fingerprint density at radius 2 is 1.07 bits per heavy atom. The number of hydrogen-bond acceptors (Lipinski definition) is 11. The van der Waals surface area contributed by atoms with E-state index in [0.29, 0.717) is 6.42 Å². The Bertz CT molecular complexity index is 1050. The molecule has 16 heteroatoms. The molecule has 0 rings (SSSR count). The zero-order chi connectivity index (χ0) is 32.6. The summed E-state index contributed by atoms with van der Waals surface area (Å²) in [6.45, 7) is 8.45. The van der Waals surface area contributed by atoms with Gasteiger partial charge in [-0.15, -0.1) is 0 Å². The highest BCUT2D eigenvalue weighted by molar-refractivity contribution is 7.87. The largest absolute Gasteiger partial charge is 0.481 e. The van der Waals surface area contributed by atoms with Crippen LogP contribution in [0.3, 0.4) is 0 Å². The summed E-state index contributed by atoms with van der Waals surface area (Å²) in [6.07, 6.45) is 11.8. The van der Waals surface area contributed by atoms with Crippen molar-refractivity contribution in [2.75, 3.05) is 19.8 Å². The van der Waals surface area contributed by atoms with E-state index in [1.54, 1.807) is 0 Å². The second-order valence-electron chi connectivity index (χ2n) is 9.05. The number of unbranched alkanes of at least 4 members (excludes halogenated alkanes) is 9. The third-order valence-electron chi connectivity index (χ3n) is 5.40. The minimum absolute atomic E-state index is 0.0586. The lowest BCUT2D eigenvalue weighted by Crippen LogP contribution is -2.34. The van der Waals surface area contributed by atoms with E-state index in [2.05, 4.69) is 29.6 Å². The van der Waals surface area contributed by atoms with Crippen molar-refractivity contribution in [2.24, 2.45) is 0 Å². The number of hydrogen-bond donors (Lipinski definition) is 3. The standard InChI is InChI=1S/C19H34O7S.C7H10O7S/c1-3-5-6-7-8-9-10-11-12-13-15-26-19(21)17(27(22,23)24)16-18(20)25-14-4-2;1-2-3-14-7(10)5(4-6(8)9)15(11,12)13/h4,17H,2-3,5-16H2,1H3,(H,22,23,24);2,5H,1,3-4H2,(H,8,9)(H,11,12,13). The molecular formula is C26H44O14S2. The number of ether oxygens (including phenoxy) is 3. The van der Waals surface area contributed by atoms with Gasteiger partial charge in [0.2, 0.25) is 0 Å². The molecule has 0 aromatic carbocycles. The Balaban J connectivity index is 0. The van der Waals surface area contributed by atoms with Gasteiger partial charge >= 0.3 is 23.9 Å². The summed E-state index contributed by atoms with van der Waals surface area (Å²) in [7, 11) is -9.53. The minimum Gasteiger partial charge on any atom is -0.481 e. The molecule has 14 nitrogen and oxygen atoms in total. The van der Waals surface area contributed by atoms with Crippen LogP contribution in [0.25, 0.3) is 0 Å². The molecule has 0 aromatic heterocycles. The number of rotatable bonds is 23. The highest BCUT2D eigenvalue weighted by atomic mass is 32.2. The van der Waals surface area contributed by atoms with E-state index in [-0.39, 0.29) is 19.8 Å². The second kappa shape index (κ2) is 23.7. The van der Waals surface area contributed by atoms with Crippen LogP contribution in [0.5, 0.6) is 0 Å². The summed E-state index contributed by atoms with van der Waals surface area (Å²) < 4.78 is 75.5. The Morgan fingerprint density at radius 1 is 0.667 bits per heavy atom. The van der Waals surface area contributed by atoms with Gasteiger partial charge in [-0.05, 0) is 6.42 Å². The molecule has 2 atom stereocenters. The Kier molecular flexibility index (Phi) is 23.3. The van der Waals surface area contributed by atoms with Crippen LogP contribution >= 0.6 is 0 Å². The zero-order valence-corrected chi connectivity index (χ0v) is 25.6. The van der Waals surface area contributed by atoms with Crippen molar-refractivity contribution >= 4 is 44.1 Å². The predicted molar refractivity (Wildman–Crippen MR) is 153 cm³/mol. The molecule has 0 saturated carbocycles. The monoisotopic (exact) mass is 644 g/mol. The molecule has 2 unspecified atom stereocenters. The minimum atomic E-state index is -4.78. The zero-order valence-electron chi connectivity index (χ0n) is 24.0. The Labute approximate surface area is 248 Å². The summed E-state index contributed by atoms with van der Waals surface area (Å²) in [5.41, 5.74) is 0. The topological polar surface area (TPSA) is 225 Å². The van der Waals surface area contributed by atoms with Gasteiger partial charge in [0, 0.05) is 0 Å². The van der Waals surface area contributed by atoms with Gasteiger partial charge in [-0.25, -0.2) is 0 Å². The fourth-order valence-corrected chi connectivity index (χ4v) is 4.55. The normalized spacial score (nSPS) is 12.5. The average Bonchev–Trinajstić information content (AvgIpc) is 2.89. The summed E-state index contributed by atoms with van der Waals surface area (Å²) in [4.78, 5) is 44.6. The molecule has 0 spiro atoms. The van der Waals surface area contributed by atoms with Gasteiger partial charge in [0.15, 0.2) is 10.5 Å². The van der Waals surface area contributed by atoms with Crippen LogP contribution in [0, 0.1) is 0 Å². The summed E-state index contributed by atoms with van der Waals surface area (Å²) in [5, 5.41) is 4.26. The molecule has 3 N–H and O–H groups in total. The van der Waals surface area contributed by atoms with E-state index in [4.69, 9.17) is 18.9 Å². The quantitative estimate of drug-likeness (QED) is 0.0477. The van der Waals surface area contributed by atoms with Crippen molar-refractivity contribution in [2.45, 2.75) is 94.5 Å². The molecular weight excluding hydrogens is 600 g/mol. The number of esters is 3.